The maximum Gasteiger partial charge on any atom is 0.318 e. The van der Waals surface area contributed by atoms with Gasteiger partial charge in [0.1, 0.15) is 5.54 Å². The highest BCUT2D eigenvalue weighted by Gasteiger charge is 2.61. The molecule has 4 fully saturated rings. The summed E-state index contributed by atoms with van der Waals surface area (Å²) in [5.41, 5.74) is 0.764. The molecule has 108 valence electrons. The SMILES string of the molecule is C=C1NC(=O)C2(N3CC(c4cnccn4)NC3=O)CC1C2. The Balaban J connectivity index is 1.59. The molecule has 0 spiro atoms. The zero-order valence-corrected chi connectivity index (χ0v) is 11.4. The van der Waals surface area contributed by atoms with Gasteiger partial charge in [-0.1, -0.05) is 6.58 Å². The summed E-state index contributed by atoms with van der Waals surface area (Å²) in [4.78, 5) is 34.5. The van der Waals surface area contributed by atoms with E-state index in [1.807, 2.05) is 0 Å². The Kier molecular flexibility index (Phi) is 2.36. The number of aromatic nitrogens is 2. The van der Waals surface area contributed by atoms with Crippen LogP contribution in [0.5, 0.6) is 0 Å². The van der Waals surface area contributed by atoms with Crippen molar-refractivity contribution in [2.45, 2.75) is 24.4 Å². The minimum atomic E-state index is -0.715. The van der Waals surface area contributed by atoms with E-state index in [1.165, 1.54) is 0 Å². The van der Waals surface area contributed by atoms with Crippen molar-refractivity contribution in [1.82, 2.24) is 25.5 Å². The number of nitrogens with zero attached hydrogens (tertiary/aromatic N) is 3. The number of amides is 3. The predicted octanol–water partition coefficient (Wildman–Crippen LogP) is 0.335. The number of hydrogen-bond acceptors (Lipinski definition) is 4. The molecule has 3 saturated heterocycles. The van der Waals surface area contributed by atoms with Crippen molar-refractivity contribution in [2.75, 3.05) is 6.54 Å². The summed E-state index contributed by atoms with van der Waals surface area (Å²) in [5, 5.41) is 5.67. The molecule has 1 aromatic heterocycles. The van der Waals surface area contributed by atoms with E-state index in [2.05, 4.69) is 27.2 Å². The van der Waals surface area contributed by atoms with Gasteiger partial charge in [-0.05, 0) is 12.8 Å². The first-order chi connectivity index (χ1) is 10.1. The Morgan fingerprint density at radius 1 is 1.33 bits per heavy atom. The van der Waals surface area contributed by atoms with Gasteiger partial charge in [-0.2, -0.15) is 0 Å². The van der Waals surface area contributed by atoms with Crippen molar-refractivity contribution in [3.63, 3.8) is 0 Å². The quantitative estimate of drug-likeness (QED) is 0.820. The van der Waals surface area contributed by atoms with Gasteiger partial charge in [-0.25, -0.2) is 4.79 Å². The van der Waals surface area contributed by atoms with E-state index in [0.717, 1.165) is 5.70 Å². The molecule has 3 aliphatic heterocycles. The molecule has 1 atom stereocenters. The second kappa shape index (κ2) is 4.03. The number of fused-ring (bicyclic) bond motifs is 2. The fourth-order valence-electron chi connectivity index (χ4n) is 3.46. The Morgan fingerprint density at radius 2 is 2.14 bits per heavy atom. The number of urea groups is 1. The summed E-state index contributed by atoms with van der Waals surface area (Å²) < 4.78 is 0. The molecule has 1 aromatic rings. The highest BCUT2D eigenvalue weighted by molar-refractivity contribution is 5.95. The second-order valence-electron chi connectivity index (χ2n) is 5.86. The average Bonchev–Trinajstić information content (AvgIpc) is 2.81. The monoisotopic (exact) mass is 285 g/mol. The van der Waals surface area contributed by atoms with Crippen LogP contribution in [0, 0.1) is 5.92 Å². The molecule has 4 aliphatic rings. The lowest BCUT2D eigenvalue weighted by molar-refractivity contribution is -0.143. The van der Waals surface area contributed by atoms with Gasteiger partial charge < -0.3 is 15.5 Å². The Bertz CT molecular complexity index is 638. The third-order valence-electron chi connectivity index (χ3n) is 4.72. The molecular formula is C14H15N5O2. The summed E-state index contributed by atoms with van der Waals surface area (Å²) in [6, 6.07) is -0.440. The summed E-state index contributed by atoms with van der Waals surface area (Å²) in [6.07, 6.45) is 6.15. The van der Waals surface area contributed by atoms with E-state index in [0.29, 0.717) is 25.1 Å². The molecule has 1 saturated carbocycles. The smallest absolute Gasteiger partial charge is 0.318 e. The van der Waals surface area contributed by atoms with Gasteiger partial charge in [0, 0.05) is 30.6 Å². The maximum absolute atomic E-state index is 12.3. The van der Waals surface area contributed by atoms with Gasteiger partial charge in [0.25, 0.3) is 0 Å². The Hall–Kier alpha value is -2.44. The van der Waals surface area contributed by atoms with Crippen molar-refractivity contribution in [3.05, 3.63) is 36.6 Å². The van der Waals surface area contributed by atoms with Crippen molar-refractivity contribution in [1.29, 1.82) is 0 Å². The van der Waals surface area contributed by atoms with Crippen molar-refractivity contribution in [2.24, 2.45) is 5.92 Å². The van der Waals surface area contributed by atoms with E-state index in [-0.39, 0.29) is 23.9 Å². The first kappa shape index (κ1) is 12.3. The van der Waals surface area contributed by atoms with Gasteiger partial charge in [-0.3, -0.25) is 14.8 Å². The Morgan fingerprint density at radius 3 is 2.81 bits per heavy atom. The van der Waals surface area contributed by atoms with Gasteiger partial charge >= 0.3 is 6.03 Å². The predicted molar refractivity (Wildman–Crippen MR) is 72.7 cm³/mol. The molecule has 4 heterocycles. The number of carbonyl (C=O) groups is 2. The van der Waals surface area contributed by atoms with Crippen LogP contribution in [-0.2, 0) is 4.79 Å². The fourth-order valence-corrected chi connectivity index (χ4v) is 3.46. The van der Waals surface area contributed by atoms with E-state index in [1.54, 1.807) is 23.5 Å². The summed E-state index contributed by atoms with van der Waals surface area (Å²) in [5.74, 6) is 0.163. The van der Waals surface area contributed by atoms with Crippen LogP contribution in [0.25, 0.3) is 0 Å². The lowest BCUT2D eigenvalue weighted by atomic mass is 9.62. The summed E-state index contributed by atoms with van der Waals surface area (Å²) in [7, 11) is 0. The number of carbonyl (C=O) groups excluding carboxylic acids is 2. The van der Waals surface area contributed by atoms with Gasteiger partial charge in [0.2, 0.25) is 5.91 Å². The normalized spacial score (nSPS) is 34.3. The highest BCUT2D eigenvalue weighted by Crippen LogP contribution is 2.50. The van der Waals surface area contributed by atoms with Crippen molar-refractivity contribution < 1.29 is 9.59 Å². The summed E-state index contributed by atoms with van der Waals surface area (Å²) in [6.45, 7) is 4.29. The van der Waals surface area contributed by atoms with Crippen molar-refractivity contribution in [3.8, 4) is 0 Å². The molecule has 7 nitrogen and oxygen atoms in total. The van der Waals surface area contributed by atoms with E-state index in [9.17, 15) is 9.59 Å². The zero-order chi connectivity index (χ0) is 14.6. The molecule has 5 rings (SSSR count). The largest absolute Gasteiger partial charge is 0.328 e. The number of rotatable bonds is 2. The van der Waals surface area contributed by atoms with Gasteiger partial charge in [-0.15, -0.1) is 0 Å². The van der Waals surface area contributed by atoms with Crippen molar-refractivity contribution >= 4 is 11.9 Å². The number of piperidine rings is 2. The highest BCUT2D eigenvalue weighted by atomic mass is 16.2. The summed E-state index contributed by atoms with van der Waals surface area (Å²) >= 11 is 0. The van der Waals surface area contributed by atoms with Crippen LogP contribution in [0.1, 0.15) is 24.6 Å². The van der Waals surface area contributed by atoms with Crippen LogP contribution in [0.15, 0.2) is 30.9 Å². The third-order valence-corrected chi connectivity index (χ3v) is 4.72. The lowest BCUT2D eigenvalue weighted by Gasteiger charge is -2.55. The van der Waals surface area contributed by atoms with Gasteiger partial charge in [0.05, 0.1) is 17.9 Å². The fraction of sp³-hybridized carbons (Fsp3) is 0.429. The molecule has 0 aromatic carbocycles. The molecule has 7 heteroatoms. The Labute approximate surface area is 121 Å². The molecule has 3 amide bonds. The topological polar surface area (TPSA) is 87.2 Å². The van der Waals surface area contributed by atoms with Crippen LogP contribution in [0.3, 0.4) is 0 Å². The zero-order valence-electron chi connectivity index (χ0n) is 11.4. The lowest BCUT2D eigenvalue weighted by Crippen LogP contribution is -2.70. The van der Waals surface area contributed by atoms with Crippen LogP contribution in [0.4, 0.5) is 4.79 Å². The molecule has 2 N–H and O–H groups in total. The molecule has 1 aliphatic carbocycles. The molecule has 1 unspecified atom stereocenters. The molecule has 21 heavy (non-hydrogen) atoms. The third kappa shape index (κ3) is 1.60. The first-order valence-electron chi connectivity index (χ1n) is 6.94. The maximum atomic E-state index is 12.3. The van der Waals surface area contributed by atoms with E-state index in [4.69, 9.17) is 0 Å². The number of hydrogen-bond donors (Lipinski definition) is 2. The first-order valence-corrected chi connectivity index (χ1v) is 6.94. The average molecular weight is 285 g/mol. The van der Waals surface area contributed by atoms with E-state index < -0.39 is 5.54 Å². The molecular weight excluding hydrogens is 270 g/mol. The van der Waals surface area contributed by atoms with E-state index >= 15 is 0 Å². The van der Waals surface area contributed by atoms with Gasteiger partial charge in [0.15, 0.2) is 0 Å². The minimum Gasteiger partial charge on any atom is -0.328 e. The van der Waals surface area contributed by atoms with Crippen LogP contribution in [-0.4, -0.2) is 38.9 Å². The van der Waals surface area contributed by atoms with Crippen LogP contribution in [0.2, 0.25) is 0 Å². The standard InChI is InChI=1S/C14H15N5O2/c1-8-9-4-14(5-9,12(20)17-8)19-7-11(18-13(19)21)10-6-15-2-3-16-10/h2-3,6,9,11H,1,4-5,7H2,(H,17,20)(H,18,21). The number of allylic oxidation sites excluding steroid dienone is 1. The second-order valence-corrected chi connectivity index (χ2v) is 5.86. The minimum absolute atomic E-state index is 0.120. The molecule has 0 radical (unpaired) electrons. The number of nitrogens with one attached hydrogen (secondary N) is 2. The van der Waals surface area contributed by atoms with Crippen LogP contribution < -0.4 is 10.6 Å². The van der Waals surface area contributed by atoms with Crippen LogP contribution >= 0.6 is 0 Å². The molecule has 2 bridgehead atoms.